The maximum Gasteiger partial charge on any atom is 0.401 e. The molecule has 156 valence electrons. The van der Waals surface area contributed by atoms with E-state index in [4.69, 9.17) is 10.5 Å². The molecule has 0 spiro atoms. The van der Waals surface area contributed by atoms with Gasteiger partial charge in [0.15, 0.2) is 0 Å². The van der Waals surface area contributed by atoms with E-state index < -0.39 is 23.7 Å². The molecule has 0 bridgehead atoms. The molecule has 0 aromatic heterocycles. The minimum absolute atomic E-state index is 0. The Morgan fingerprint density at radius 2 is 1.81 bits per heavy atom. The monoisotopic (exact) mass is 423 g/mol. The third-order valence-electron chi connectivity index (χ3n) is 5.49. The van der Waals surface area contributed by atoms with E-state index in [1.54, 1.807) is 4.90 Å². The predicted molar refractivity (Wildman–Crippen MR) is 98.9 cm³/mol. The Labute approximate surface area is 165 Å². The zero-order chi connectivity index (χ0) is 18.2. The summed E-state index contributed by atoms with van der Waals surface area (Å²) >= 11 is 0. The Morgan fingerprint density at radius 1 is 1.19 bits per heavy atom. The standard InChI is InChI=1S/C16H28F3N3O2.2ClH/c1-4-24-12-10-15(20,14(12,2)3)13(23)22-7-5-6-21(8-9-22)11-16(17,18)19;;/h12H,4-11,20H2,1-3H3;2*1H. The van der Waals surface area contributed by atoms with E-state index in [0.29, 0.717) is 32.5 Å². The molecule has 1 amide bonds. The van der Waals surface area contributed by atoms with Crippen molar-refractivity contribution in [1.29, 1.82) is 0 Å². The number of carbonyl (C=O) groups is 1. The summed E-state index contributed by atoms with van der Waals surface area (Å²) in [5, 5.41) is 0. The van der Waals surface area contributed by atoms with E-state index in [2.05, 4.69) is 0 Å². The minimum atomic E-state index is -4.21. The molecule has 2 fully saturated rings. The minimum Gasteiger partial charge on any atom is -0.378 e. The van der Waals surface area contributed by atoms with E-state index in [1.165, 1.54) is 4.90 Å². The van der Waals surface area contributed by atoms with Crippen LogP contribution in [0.15, 0.2) is 0 Å². The van der Waals surface area contributed by atoms with Gasteiger partial charge in [0.05, 0.1) is 12.6 Å². The summed E-state index contributed by atoms with van der Waals surface area (Å²) in [5.74, 6) is -0.169. The van der Waals surface area contributed by atoms with Gasteiger partial charge in [-0.15, -0.1) is 24.8 Å². The predicted octanol–water partition coefficient (Wildman–Crippen LogP) is 2.46. The molecule has 1 saturated carbocycles. The number of hydrogen-bond acceptors (Lipinski definition) is 4. The van der Waals surface area contributed by atoms with Gasteiger partial charge in [0.2, 0.25) is 5.91 Å². The second-order valence-electron chi connectivity index (χ2n) is 7.38. The van der Waals surface area contributed by atoms with E-state index >= 15 is 0 Å². The Balaban J connectivity index is 0.00000312. The van der Waals surface area contributed by atoms with Crippen molar-refractivity contribution in [3.63, 3.8) is 0 Å². The highest BCUT2D eigenvalue weighted by molar-refractivity contribution is 5.89. The van der Waals surface area contributed by atoms with Crippen LogP contribution >= 0.6 is 24.8 Å². The lowest BCUT2D eigenvalue weighted by Gasteiger charge is -2.58. The van der Waals surface area contributed by atoms with Crippen LogP contribution in [0.2, 0.25) is 0 Å². The van der Waals surface area contributed by atoms with Crippen LogP contribution in [0.5, 0.6) is 0 Å². The zero-order valence-electron chi connectivity index (χ0n) is 15.5. The number of alkyl halides is 3. The molecule has 2 aliphatic rings. The third-order valence-corrected chi connectivity index (χ3v) is 5.49. The summed E-state index contributed by atoms with van der Waals surface area (Å²) in [4.78, 5) is 15.9. The number of hydrogen-bond donors (Lipinski definition) is 1. The second kappa shape index (κ2) is 9.28. The zero-order valence-corrected chi connectivity index (χ0v) is 17.1. The number of halogens is 5. The van der Waals surface area contributed by atoms with Gasteiger partial charge >= 0.3 is 6.18 Å². The molecule has 0 aromatic carbocycles. The van der Waals surface area contributed by atoms with Crippen LogP contribution in [-0.2, 0) is 9.53 Å². The van der Waals surface area contributed by atoms with Gasteiger partial charge in [0.1, 0.15) is 5.54 Å². The van der Waals surface area contributed by atoms with Crippen LogP contribution in [0.3, 0.4) is 0 Å². The molecular formula is C16H30Cl2F3N3O2. The number of carbonyl (C=O) groups excluding carboxylic acids is 1. The summed E-state index contributed by atoms with van der Waals surface area (Å²) in [7, 11) is 0. The Morgan fingerprint density at radius 3 is 2.31 bits per heavy atom. The fourth-order valence-electron chi connectivity index (χ4n) is 3.67. The van der Waals surface area contributed by atoms with Gasteiger partial charge in [-0.05, 0) is 13.3 Å². The number of rotatable bonds is 4. The summed E-state index contributed by atoms with van der Waals surface area (Å²) in [5.41, 5.74) is 4.90. The van der Waals surface area contributed by atoms with Gasteiger partial charge < -0.3 is 15.4 Å². The molecule has 0 aromatic rings. The maximum absolute atomic E-state index is 12.9. The van der Waals surface area contributed by atoms with Crippen LogP contribution in [0, 0.1) is 5.41 Å². The molecule has 10 heteroatoms. The Hall–Kier alpha value is -0.280. The van der Waals surface area contributed by atoms with Crippen LogP contribution < -0.4 is 5.73 Å². The third kappa shape index (κ3) is 5.16. The summed E-state index contributed by atoms with van der Waals surface area (Å²) in [6.45, 7) is 6.66. The van der Waals surface area contributed by atoms with Gasteiger partial charge in [0.25, 0.3) is 0 Å². The van der Waals surface area contributed by atoms with E-state index in [-0.39, 0.29) is 49.9 Å². The fraction of sp³-hybridized carbons (Fsp3) is 0.938. The van der Waals surface area contributed by atoms with Gasteiger partial charge in [0, 0.05) is 44.6 Å². The van der Waals surface area contributed by atoms with E-state index in [9.17, 15) is 18.0 Å². The smallest absolute Gasteiger partial charge is 0.378 e. The van der Waals surface area contributed by atoms with Crippen molar-refractivity contribution in [3.8, 4) is 0 Å². The van der Waals surface area contributed by atoms with Crippen molar-refractivity contribution < 1.29 is 22.7 Å². The van der Waals surface area contributed by atoms with Crippen molar-refractivity contribution in [1.82, 2.24) is 9.80 Å². The molecule has 26 heavy (non-hydrogen) atoms. The SMILES string of the molecule is CCOC1CC(N)(C(=O)N2CCCN(CC(F)(F)F)CC2)C1(C)C.Cl.Cl. The first-order valence-corrected chi connectivity index (χ1v) is 8.50. The largest absolute Gasteiger partial charge is 0.401 e. The molecular weight excluding hydrogens is 394 g/mol. The van der Waals surface area contributed by atoms with Gasteiger partial charge in [-0.1, -0.05) is 13.8 Å². The van der Waals surface area contributed by atoms with Crippen LogP contribution in [-0.4, -0.2) is 72.9 Å². The summed E-state index contributed by atoms with van der Waals surface area (Å²) in [6, 6.07) is 0. The van der Waals surface area contributed by atoms with Crippen molar-refractivity contribution >= 4 is 30.7 Å². The highest BCUT2D eigenvalue weighted by Crippen LogP contribution is 2.50. The van der Waals surface area contributed by atoms with Crippen molar-refractivity contribution in [2.45, 2.75) is 51.4 Å². The molecule has 1 saturated heterocycles. The van der Waals surface area contributed by atoms with Gasteiger partial charge in [-0.3, -0.25) is 9.69 Å². The number of nitrogens with zero attached hydrogens (tertiary/aromatic N) is 2. The quantitative estimate of drug-likeness (QED) is 0.754. The van der Waals surface area contributed by atoms with Crippen LogP contribution in [0.1, 0.15) is 33.6 Å². The lowest BCUT2D eigenvalue weighted by atomic mass is 9.54. The molecule has 1 aliphatic carbocycles. The Bertz CT molecular complexity index is 480. The summed E-state index contributed by atoms with van der Waals surface area (Å²) in [6.07, 6.45) is -3.30. The Kier molecular flexibility index (Phi) is 9.18. The highest BCUT2D eigenvalue weighted by atomic mass is 35.5. The van der Waals surface area contributed by atoms with Crippen molar-refractivity contribution in [3.05, 3.63) is 0 Å². The number of nitrogens with two attached hydrogens (primary N) is 1. The maximum atomic E-state index is 12.9. The number of amides is 1. The van der Waals surface area contributed by atoms with Crippen molar-refractivity contribution in [2.75, 3.05) is 39.3 Å². The second-order valence-corrected chi connectivity index (χ2v) is 7.38. The lowest BCUT2D eigenvalue weighted by molar-refractivity contribution is -0.179. The topological polar surface area (TPSA) is 58.8 Å². The number of ether oxygens (including phenoxy) is 1. The average Bonchev–Trinajstić information content (AvgIpc) is 2.69. The van der Waals surface area contributed by atoms with Crippen molar-refractivity contribution in [2.24, 2.45) is 11.1 Å². The fourth-order valence-corrected chi connectivity index (χ4v) is 3.67. The van der Waals surface area contributed by atoms with E-state index in [1.807, 2.05) is 20.8 Å². The highest BCUT2D eigenvalue weighted by Gasteiger charge is 2.63. The van der Waals surface area contributed by atoms with Crippen LogP contribution in [0.4, 0.5) is 13.2 Å². The normalized spacial score (nSPS) is 29.0. The molecule has 0 radical (unpaired) electrons. The average molecular weight is 424 g/mol. The van der Waals surface area contributed by atoms with Gasteiger partial charge in [-0.2, -0.15) is 13.2 Å². The van der Waals surface area contributed by atoms with Crippen LogP contribution in [0.25, 0.3) is 0 Å². The molecule has 2 rings (SSSR count). The molecule has 1 aliphatic heterocycles. The van der Waals surface area contributed by atoms with Gasteiger partial charge in [-0.25, -0.2) is 0 Å². The van der Waals surface area contributed by atoms with E-state index in [0.717, 1.165) is 0 Å². The molecule has 1 heterocycles. The first kappa shape index (κ1) is 25.7. The molecule has 2 unspecified atom stereocenters. The molecule has 2 N–H and O–H groups in total. The molecule has 5 nitrogen and oxygen atoms in total. The lowest BCUT2D eigenvalue weighted by Crippen LogP contribution is -2.76. The first-order valence-electron chi connectivity index (χ1n) is 8.50. The first-order chi connectivity index (χ1) is 11.0. The summed E-state index contributed by atoms with van der Waals surface area (Å²) < 4.78 is 43.3. The molecule has 2 atom stereocenters.